The van der Waals surface area contributed by atoms with Crippen LogP contribution in [0.3, 0.4) is 0 Å². The number of nitrogens with one attached hydrogen (secondary N) is 1. The highest BCUT2D eigenvalue weighted by molar-refractivity contribution is 5.94. The SMILES string of the molecule is CNC(=O)c1cncc(-c2cnc3cc(-c4cnn(C)c4)c(OC(C)C)nn23)c1. The molecule has 0 radical (unpaired) electrons. The number of pyridine rings is 1. The van der Waals surface area contributed by atoms with Gasteiger partial charge in [0.15, 0.2) is 5.65 Å². The molecular formula is C20H21N7O2. The van der Waals surface area contributed by atoms with E-state index >= 15 is 0 Å². The van der Waals surface area contributed by atoms with E-state index in [1.54, 1.807) is 40.9 Å². The maximum atomic E-state index is 12.0. The molecule has 0 aliphatic rings. The minimum Gasteiger partial charge on any atom is -0.473 e. The monoisotopic (exact) mass is 391 g/mol. The van der Waals surface area contributed by atoms with Gasteiger partial charge in [0.25, 0.3) is 5.91 Å². The van der Waals surface area contributed by atoms with E-state index in [1.807, 2.05) is 33.2 Å². The highest BCUT2D eigenvalue weighted by atomic mass is 16.5. The van der Waals surface area contributed by atoms with E-state index in [2.05, 4.69) is 20.4 Å². The van der Waals surface area contributed by atoms with Crippen LogP contribution in [0.2, 0.25) is 0 Å². The van der Waals surface area contributed by atoms with E-state index in [9.17, 15) is 4.79 Å². The summed E-state index contributed by atoms with van der Waals surface area (Å²) in [5.74, 6) is 0.277. The number of rotatable bonds is 5. The number of amides is 1. The summed E-state index contributed by atoms with van der Waals surface area (Å²) in [6.07, 6.45) is 8.52. The lowest BCUT2D eigenvalue weighted by atomic mass is 10.1. The molecule has 4 heterocycles. The van der Waals surface area contributed by atoms with Crippen molar-refractivity contribution in [2.24, 2.45) is 7.05 Å². The first-order valence-electron chi connectivity index (χ1n) is 9.18. The lowest BCUT2D eigenvalue weighted by Crippen LogP contribution is -2.18. The summed E-state index contributed by atoms with van der Waals surface area (Å²) in [6, 6.07) is 3.68. The Morgan fingerprint density at radius 3 is 2.66 bits per heavy atom. The molecule has 4 aromatic rings. The number of fused-ring (bicyclic) bond motifs is 1. The van der Waals surface area contributed by atoms with Gasteiger partial charge in [0.2, 0.25) is 5.88 Å². The first-order chi connectivity index (χ1) is 14.0. The Bertz CT molecular complexity index is 1190. The molecule has 0 bridgehead atoms. The number of nitrogens with zero attached hydrogens (tertiary/aromatic N) is 6. The third-order valence-corrected chi connectivity index (χ3v) is 4.35. The van der Waals surface area contributed by atoms with Crippen LogP contribution in [0.1, 0.15) is 24.2 Å². The number of ether oxygens (including phenoxy) is 1. The summed E-state index contributed by atoms with van der Waals surface area (Å²) in [4.78, 5) is 20.6. The van der Waals surface area contributed by atoms with E-state index in [0.29, 0.717) is 22.8 Å². The Morgan fingerprint density at radius 2 is 1.97 bits per heavy atom. The third-order valence-electron chi connectivity index (χ3n) is 4.35. The summed E-state index contributed by atoms with van der Waals surface area (Å²) in [5.41, 5.74) is 4.27. The lowest BCUT2D eigenvalue weighted by Gasteiger charge is -2.13. The third kappa shape index (κ3) is 3.54. The number of imidazole rings is 1. The highest BCUT2D eigenvalue weighted by Crippen LogP contribution is 2.31. The molecule has 1 N–H and O–H groups in total. The molecule has 4 rings (SSSR count). The minimum absolute atomic E-state index is 0.0550. The van der Waals surface area contributed by atoms with Crippen LogP contribution >= 0.6 is 0 Å². The fourth-order valence-electron chi connectivity index (χ4n) is 3.02. The van der Waals surface area contributed by atoms with Crippen LogP contribution in [0.4, 0.5) is 0 Å². The van der Waals surface area contributed by atoms with Gasteiger partial charge in [0, 0.05) is 43.8 Å². The zero-order chi connectivity index (χ0) is 20.5. The summed E-state index contributed by atoms with van der Waals surface area (Å²) < 4.78 is 9.40. The van der Waals surface area contributed by atoms with Crippen LogP contribution in [0, 0.1) is 0 Å². The smallest absolute Gasteiger partial charge is 0.252 e. The van der Waals surface area contributed by atoms with Crippen molar-refractivity contribution >= 4 is 11.6 Å². The number of carbonyl (C=O) groups is 1. The van der Waals surface area contributed by atoms with Crippen LogP contribution < -0.4 is 10.1 Å². The second-order valence-electron chi connectivity index (χ2n) is 6.89. The number of hydrogen-bond acceptors (Lipinski definition) is 6. The fraction of sp³-hybridized carbons (Fsp3) is 0.250. The normalized spacial score (nSPS) is 11.2. The molecule has 0 saturated carbocycles. The molecule has 0 saturated heterocycles. The summed E-state index contributed by atoms with van der Waals surface area (Å²) in [7, 11) is 3.44. The van der Waals surface area contributed by atoms with Crippen LogP contribution in [0.5, 0.6) is 5.88 Å². The van der Waals surface area contributed by atoms with Crippen LogP contribution in [-0.4, -0.2) is 48.4 Å². The van der Waals surface area contributed by atoms with Crippen LogP contribution in [0.15, 0.2) is 43.1 Å². The largest absolute Gasteiger partial charge is 0.473 e. The predicted molar refractivity (Wildman–Crippen MR) is 108 cm³/mol. The molecular weight excluding hydrogens is 370 g/mol. The van der Waals surface area contributed by atoms with Gasteiger partial charge in [-0.2, -0.15) is 5.10 Å². The van der Waals surface area contributed by atoms with Crippen molar-refractivity contribution < 1.29 is 9.53 Å². The quantitative estimate of drug-likeness (QED) is 0.561. The topological polar surface area (TPSA) is 99.2 Å². The Labute approximate surface area is 167 Å². The average Bonchev–Trinajstić information content (AvgIpc) is 3.32. The van der Waals surface area contributed by atoms with Gasteiger partial charge >= 0.3 is 0 Å². The number of aryl methyl sites for hydroxylation is 1. The molecule has 0 aliphatic carbocycles. The molecule has 29 heavy (non-hydrogen) atoms. The summed E-state index contributed by atoms with van der Waals surface area (Å²) in [6.45, 7) is 3.90. The van der Waals surface area contributed by atoms with Gasteiger partial charge in [-0.15, -0.1) is 5.10 Å². The van der Waals surface area contributed by atoms with Crippen LogP contribution in [-0.2, 0) is 7.05 Å². The maximum absolute atomic E-state index is 12.0. The van der Waals surface area contributed by atoms with Crippen molar-refractivity contribution in [3.63, 3.8) is 0 Å². The van der Waals surface area contributed by atoms with Crippen LogP contribution in [0.25, 0.3) is 28.0 Å². The van der Waals surface area contributed by atoms with E-state index in [-0.39, 0.29) is 12.0 Å². The number of carbonyl (C=O) groups excluding carboxylic acids is 1. The zero-order valence-electron chi connectivity index (χ0n) is 16.6. The molecule has 0 spiro atoms. The van der Waals surface area contributed by atoms with E-state index in [0.717, 1.165) is 16.7 Å². The standard InChI is InChI=1S/C20H21N7O2/c1-12(2)29-20-16(15-9-24-26(4)11-15)6-18-23-10-17(27(18)25-20)13-5-14(8-22-7-13)19(28)21-3/h5-12H,1-4H3,(H,21,28). The Balaban J connectivity index is 1.87. The highest BCUT2D eigenvalue weighted by Gasteiger charge is 2.17. The number of hydrogen-bond donors (Lipinski definition) is 1. The second-order valence-corrected chi connectivity index (χ2v) is 6.89. The van der Waals surface area contributed by atoms with Gasteiger partial charge in [-0.1, -0.05) is 0 Å². The lowest BCUT2D eigenvalue weighted by molar-refractivity contribution is 0.0962. The molecule has 0 fully saturated rings. The van der Waals surface area contributed by atoms with Crippen molar-refractivity contribution in [3.8, 4) is 28.3 Å². The second kappa shape index (κ2) is 7.34. The Morgan fingerprint density at radius 1 is 1.14 bits per heavy atom. The molecule has 9 heteroatoms. The average molecular weight is 391 g/mol. The van der Waals surface area contributed by atoms with Gasteiger partial charge in [0.05, 0.1) is 35.3 Å². The van der Waals surface area contributed by atoms with Gasteiger partial charge in [-0.05, 0) is 26.0 Å². The fourth-order valence-corrected chi connectivity index (χ4v) is 3.02. The van der Waals surface area contributed by atoms with Gasteiger partial charge in [-0.3, -0.25) is 14.5 Å². The summed E-state index contributed by atoms with van der Waals surface area (Å²) >= 11 is 0. The van der Waals surface area contributed by atoms with Gasteiger partial charge < -0.3 is 10.1 Å². The number of aromatic nitrogens is 6. The van der Waals surface area contributed by atoms with E-state index in [4.69, 9.17) is 9.84 Å². The van der Waals surface area contributed by atoms with Crippen molar-refractivity contribution in [2.75, 3.05) is 7.05 Å². The summed E-state index contributed by atoms with van der Waals surface area (Å²) in [5, 5.41) is 11.5. The first kappa shape index (κ1) is 18.6. The van der Waals surface area contributed by atoms with Crippen molar-refractivity contribution in [3.05, 3.63) is 48.7 Å². The first-order valence-corrected chi connectivity index (χ1v) is 9.18. The predicted octanol–water partition coefficient (Wildman–Crippen LogP) is 2.34. The van der Waals surface area contributed by atoms with E-state index < -0.39 is 0 Å². The molecule has 0 unspecified atom stereocenters. The molecule has 4 aromatic heterocycles. The molecule has 0 aromatic carbocycles. The molecule has 1 amide bonds. The van der Waals surface area contributed by atoms with Gasteiger partial charge in [0.1, 0.15) is 0 Å². The molecule has 0 atom stereocenters. The molecule has 0 aliphatic heterocycles. The maximum Gasteiger partial charge on any atom is 0.252 e. The Kier molecular flexibility index (Phi) is 4.71. The van der Waals surface area contributed by atoms with E-state index in [1.165, 1.54) is 6.20 Å². The van der Waals surface area contributed by atoms with Crippen molar-refractivity contribution in [1.29, 1.82) is 0 Å². The van der Waals surface area contributed by atoms with Gasteiger partial charge in [-0.25, -0.2) is 9.50 Å². The van der Waals surface area contributed by atoms with Crippen molar-refractivity contribution in [1.82, 2.24) is 34.7 Å². The molecule has 148 valence electrons. The Hall–Kier alpha value is -3.75. The van der Waals surface area contributed by atoms with Crippen molar-refractivity contribution in [2.45, 2.75) is 20.0 Å². The molecule has 9 nitrogen and oxygen atoms in total. The minimum atomic E-state index is -0.205. The zero-order valence-corrected chi connectivity index (χ0v) is 16.6.